The van der Waals surface area contributed by atoms with E-state index < -0.39 is 21.8 Å². The van der Waals surface area contributed by atoms with Crippen LogP contribution < -0.4 is 0 Å². The molecule has 0 aromatic heterocycles. The molecule has 0 atom stereocenters. The van der Waals surface area contributed by atoms with Gasteiger partial charge >= 0.3 is 11.9 Å². The van der Waals surface area contributed by atoms with E-state index in [1.807, 2.05) is 57.2 Å². The minimum Gasteiger partial charge on any atom is -0.465 e. The Hall–Kier alpha value is -4.20. The number of methoxy groups -OCH3 is 2. The summed E-state index contributed by atoms with van der Waals surface area (Å²) < 4.78 is 36.9. The number of carbonyl (C=O) groups excluding carboxylic acids is 2. The predicted molar refractivity (Wildman–Crippen MR) is 172 cm³/mol. The molecule has 6 nitrogen and oxygen atoms in total. The highest BCUT2D eigenvalue weighted by Gasteiger charge is 2.30. The molecule has 0 spiro atoms. The van der Waals surface area contributed by atoms with Crippen LogP contribution in [-0.2, 0) is 28.9 Å². The van der Waals surface area contributed by atoms with Crippen molar-refractivity contribution in [2.75, 3.05) is 14.2 Å². The molecule has 0 saturated heterocycles. The molecule has 0 fully saturated rings. The number of ether oxygens (including phenoxy) is 2. The first kappa shape index (κ1) is 33.3. The zero-order valence-corrected chi connectivity index (χ0v) is 26.5. The highest BCUT2D eigenvalue weighted by atomic mass is 35.5. The summed E-state index contributed by atoms with van der Waals surface area (Å²) in [6.45, 7) is 5.73. The lowest BCUT2D eigenvalue weighted by molar-refractivity contribution is -0.138. The van der Waals surface area contributed by atoms with Crippen molar-refractivity contribution in [1.82, 2.24) is 0 Å². The molecule has 0 unspecified atom stereocenters. The lowest BCUT2D eigenvalue weighted by Crippen LogP contribution is -2.17. The van der Waals surface area contributed by atoms with E-state index in [9.17, 15) is 18.0 Å². The molecule has 0 radical (unpaired) electrons. The van der Waals surface area contributed by atoms with E-state index in [2.05, 4.69) is 0 Å². The Morgan fingerprint density at radius 3 is 1.72 bits per heavy atom. The second-order valence-electron chi connectivity index (χ2n) is 9.51. The van der Waals surface area contributed by atoms with E-state index >= 15 is 0 Å². The Morgan fingerprint density at radius 1 is 0.744 bits per heavy atom. The van der Waals surface area contributed by atoms with Gasteiger partial charge in [0, 0.05) is 16.0 Å². The summed E-state index contributed by atoms with van der Waals surface area (Å²) in [5.41, 5.74) is 3.48. The number of benzene rings is 3. The largest absolute Gasteiger partial charge is 0.465 e. The topological polar surface area (TPSA) is 86.7 Å². The van der Waals surface area contributed by atoms with Crippen LogP contribution in [0.2, 0.25) is 0 Å². The average molecular weight is 619 g/mol. The number of rotatable bonds is 11. The van der Waals surface area contributed by atoms with E-state index in [4.69, 9.17) is 21.1 Å². The normalized spacial score (nSPS) is 13.5. The Labute approximate surface area is 258 Å². The second-order valence-corrected chi connectivity index (χ2v) is 11.8. The number of carbonyl (C=O) groups is 2. The minimum atomic E-state index is -4.00. The van der Waals surface area contributed by atoms with Gasteiger partial charge in [-0.3, -0.25) is 0 Å². The van der Waals surface area contributed by atoms with Gasteiger partial charge in [-0.05, 0) is 60.2 Å². The third kappa shape index (κ3) is 8.00. The minimum absolute atomic E-state index is 0.0351. The molecule has 0 aliphatic rings. The van der Waals surface area contributed by atoms with E-state index in [1.54, 1.807) is 36.4 Å². The molecule has 3 aromatic carbocycles. The van der Waals surface area contributed by atoms with Crippen LogP contribution in [0.1, 0.15) is 43.4 Å². The molecule has 3 rings (SSSR count). The number of allylic oxidation sites excluding steroid dienone is 3. The summed E-state index contributed by atoms with van der Waals surface area (Å²) in [7, 11) is -1.64. The number of hydrogen-bond donors (Lipinski definition) is 0. The summed E-state index contributed by atoms with van der Waals surface area (Å²) in [4.78, 5) is 27.2. The van der Waals surface area contributed by atoms with Crippen LogP contribution >= 0.6 is 11.6 Å². The monoisotopic (exact) mass is 618 g/mol. The number of halogens is 1. The van der Waals surface area contributed by atoms with Gasteiger partial charge in [0.25, 0.3) is 0 Å². The molecule has 0 amide bonds. The maximum atomic E-state index is 13.8. The van der Waals surface area contributed by atoms with Crippen LogP contribution in [0.4, 0.5) is 0 Å². The molecular weight excluding hydrogens is 584 g/mol. The molecular formula is C35H35ClO6S. The Morgan fingerprint density at radius 2 is 1.26 bits per heavy atom. The van der Waals surface area contributed by atoms with Crippen LogP contribution in [0.15, 0.2) is 123 Å². The smallest absolute Gasteiger partial charge is 0.339 e. The fraction of sp³-hybridized carbons (Fsp3) is 0.200. The fourth-order valence-corrected chi connectivity index (χ4v) is 5.80. The van der Waals surface area contributed by atoms with Crippen LogP contribution in [-0.4, -0.2) is 34.6 Å². The van der Waals surface area contributed by atoms with E-state index in [0.29, 0.717) is 34.6 Å². The lowest BCUT2D eigenvalue weighted by Gasteiger charge is -2.22. The maximum absolute atomic E-state index is 13.8. The molecule has 3 aromatic rings. The van der Waals surface area contributed by atoms with E-state index in [1.165, 1.54) is 19.2 Å². The lowest BCUT2D eigenvalue weighted by atomic mass is 9.82. The molecule has 0 heterocycles. The van der Waals surface area contributed by atoms with Crippen molar-refractivity contribution in [2.24, 2.45) is 0 Å². The van der Waals surface area contributed by atoms with Crippen molar-refractivity contribution >= 4 is 44.5 Å². The molecule has 0 bridgehead atoms. The SMILES string of the molecule is CC/C(Cl)=C(CC)/C(=C(\C(C(=O)OC)=C(/C=C/S(=O)(=O)c1ccc(C)cc1)C(=O)OC)c1ccccc1)c1ccccc1. The number of esters is 2. The molecule has 0 aliphatic carbocycles. The van der Waals surface area contributed by atoms with Gasteiger partial charge in [0.15, 0.2) is 9.84 Å². The zero-order chi connectivity index (χ0) is 31.6. The van der Waals surface area contributed by atoms with Crippen molar-refractivity contribution < 1.29 is 27.5 Å². The van der Waals surface area contributed by atoms with Crippen molar-refractivity contribution in [3.8, 4) is 0 Å². The summed E-state index contributed by atoms with van der Waals surface area (Å²) >= 11 is 6.82. The van der Waals surface area contributed by atoms with Crippen molar-refractivity contribution in [3.63, 3.8) is 0 Å². The predicted octanol–water partition coefficient (Wildman–Crippen LogP) is 7.85. The van der Waals surface area contributed by atoms with Gasteiger partial charge in [0.1, 0.15) is 0 Å². The maximum Gasteiger partial charge on any atom is 0.339 e. The third-order valence-corrected chi connectivity index (χ3v) is 8.66. The first-order chi connectivity index (χ1) is 20.6. The third-order valence-electron chi connectivity index (χ3n) is 6.75. The van der Waals surface area contributed by atoms with Crippen molar-refractivity contribution in [2.45, 2.75) is 38.5 Å². The van der Waals surface area contributed by atoms with Gasteiger partial charge in [-0.1, -0.05) is 104 Å². The Balaban J connectivity index is 2.59. The van der Waals surface area contributed by atoms with Gasteiger partial charge < -0.3 is 9.47 Å². The molecule has 224 valence electrons. The van der Waals surface area contributed by atoms with Crippen LogP contribution in [0.3, 0.4) is 0 Å². The average Bonchev–Trinajstić information content (AvgIpc) is 3.03. The number of sulfone groups is 1. The zero-order valence-electron chi connectivity index (χ0n) is 24.9. The van der Waals surface area contributed by atoms with Gasteiger partial charge in [0.2, 0.25) is 0 Å². The van der Waals surface area contributed by atoms with Crippen LogP contribution in [0.5, 0.6) is 0 Å². The van der Waals surface area contributed by atoms with Crippen molar-refractivity contribution in [3.05, 3.63) is 135 Å². The first-order valence-electron chi connectivity index (χ1n) is 13.7. The summed E-state index contributed by atoms with van der Waals surface area (Å²) in [6.07, 6.45) is 2.13. The second kappa shape index (κ2) is 15.3. The molecule has 0 saturated carbocycles. The Bertz CT molecular complexity index is 1680. The summed E-state index contributed by atoms with van der Waals surface area (Å²) in [5.74, 6) is -1.77. The molecule has 0 aliphatic heterocycles. The quantitative estimate of drug-likeness (QED) is 0.0941. The summed E-state index contributed by atoms with van der Waals surface area (Å²) in [6, 6.07) is 24.7. The van der Waals surface area contributed by atoms with Crippen molar-refractivity contribution in [1.29, 1.82) is 0 Å². The molecule has 0 N–H and O–H groups in total. The highest BCUT2D eigenvalue weighted by Crippen LogP contribution is 2.42. The molecule has 43 heavy (non-hydrogen) atoms. The summed E-state index contributed by atoms with van der Waals surface area (Å²) in [5, 5.41) is 1.48. The van der Waals surface area contributed by atoms with Gasteiger partial charge in [0.05, 0.1) is 30.3 Å². The molecule has 8 heteroatoms. The van der Waals surface area contributed by atoms with E-state index in [-0.39, 0.29) is 16.0 Å². The van der Waals surface area contributed by atoms with Gasteiger partial charge in [-0.2, -0.15) is 0 Å². The standard InChI is InChI=1S/C35H35ClO6S/c1-6-28(30(36)7-2)31(25-14-10-8-11-15-25)32(26-16-12-9-13-17-26)33(35(38)42-5)29(34(37)41-4)22-23-43(39,40)27-20-18-24(3)19-21-27/h8-23H,6-7H2,1-5H3/b23-22+,30-28-,32-31-,33-29-. The highest BCUT2D eigenvalue weighted by molar-refractivity contribution is 7.94. The fourth-order valence-electron chi connectivity index (χ4n) is 4.59. The van der Waals surface area contributed by atoms with Crippen LogP contribution in [0, 0.1) is 6.92 Å². The van der Waals surface area contributed by atoms with Crippen LogP contribution in [0.25, 0.3) is 11.1 Å². The van der Waals surface area contributed by atoms with Gasteiger partial charge in [-0.25, -0.2) is 18.0 Å². The number of aryl methyl sites for hydroxylation is 1. The first-order valence-corrected chi connectivity index (χ1v) is 15.7. The van der Waals surface area contributed by atoms with E-state index in [0.717, 1.165) is 35.3 Å². The van der Waals surface area contributed by atoms with Gasteiger partial charge in [-0.15, -0.1) is 0 Å². The number of hydrogen-bond acceptors (Lipinski definition) is 6. The Kier molecular flexibility index (Phi) is 11.9.